The van der Waals surface area contributed by atoms with Crippen LogP contribution in [0.2, 0.25) is 0 Å². The summed E-state index contributed by atoms with van der Waals surface area (Å²) >= 11 is 0. The second-order valence-electron chi connectivity index (χ2n) is 16.4. The number of benzene rings is 1. The first-order chi connectivity index (χ1) is 29.3. The van der Waals surface area contributed by atoms with Gasteiger partial charge in [-0.3, -0.25) is 33.8 Å². The van der Waals surface area contributed by atoms with Crippen molar-refractivity contribution in [3.05, 3.63) is 65.5 Å². The summed E-state index contributed by atoms with van der Waals surface area (Å²) in [7, 11) is 0. The van der Waals surface area contributed by atoms with Gasteiger partial charge in [-0.1, -0.05) is 32.0 Å². The van der Waals surface area contributed by atoms with Crippen LogP contribution in [0.5, 0.6) is 0 Å². The fraction of sp³-hybridized carbons (Fsp3) is 0.568. The van der Waals surface area contributed by atoms with E-state index in [1.54, 1.807) is 24.3 Å². The van der Waals surface area contributed by atoms with Crippen LogP contribution in [-0.4, -0.2) is 114 Å². The van der Waals surface area contributed by atoms with E-state index in [0.29, 0.717) is 12.1 Å². The molecule has 2 aromatic rings. The Morgan fingerprint density at radius 2 is 1.39 bits per heavy atom. The summed E-state index contributed by atoms with van der Waals surface area (Å²) in [5, 5.41) is 0. The molecule has 3 heterocycles. The minimum atomic E-state index is -2.36. The van der Waals surface area contributed by atoms with Crippen molar-refractivity contribution < 1.29 is 81.0 Å². The molecule has 0 radical (unpaired) electrons. The lowest BCUT2D eigenvalue weighted by Gasteiger charge is -2.65. The van der Waals surface area contributed by atoms with Crippen molar-refractivity contribution in [2.24, 2.45) is 17.3 Å². The molecular formula is C44H51NO17. The van der Waals surface area contributed by atoms with Gasteiger partial charge in [0, 0.05) is 59.1 Å². The summed E-state index contributed by atoms with van der Waals surface area (Å²) in [4.78, 5) is 114. The van der Waals surface area contributed by atoms with E-state index in [1.165, 1.54) is 38.2 Å². The molecule has 334 valence electrons. The summed E-state index contributed by atoms with van der Waals surface area (Å²) in [6.07, 6.45) is -8.72. The molecule has 3 fully saturated rings. The maximum Gasteiger partial charge on any atom is 0.340 e. The Labute approximate surface area is 357 Å². The van der Waals surface area contributed by atoms with E-state index in [-0.39, 0.29) is 24.0 Å². The number of cyclic esters (lactones) is 1. The summed E-state index contributed by atoms with van der Waals surface area (Å²) in [5.41, 5.74) is -6.06. The van der Waals surface area contributed by atoms with Gasteiger partial charge < -0.3 is 42.6 Å². The molecule has 0 amide bonds. The molecule has 1 saturated heterocycles. The SMILES string of the molecule is CCC1CCC(=O)OC2C(OC(C)=O)C(OC(C)=O)C3(COC(C)=O)C(OC(C)=O)C(OC(C)=O)C4C(OC(=O)c5ccccc5)C3(OC4(C)COC(=O)c3cccnc31)C2C. The van der Waals surface area contributed by atoms with Gasteiger partial charge in [-0.25, -0.2) is 9.59 Å². The second kappa shape index (κ2) is 17.8. The minimum Gasteiger partial charge on any atom is -0.465 e. The van der Waals surface area contributed by atoms with Crippen molar-refractivity contribution in [3.8, 4) is 0 Å². The van der Waals surface area contributed by atoms with Gasteiger partial charge in [-0.05, 0) is 44.0 Å². The molecule has 18 heteroatoms. The first kappa shape index (κ1) is 45.6. The Morgan fingerprint density at radius 3 is 1.98 bits per heavy atom. The molecule has 2 aliphatic carbocycles. The first-order valence-electron chi connectivity index (χ1n) is 20.4. The molecule has 0 N–H and O–H groups in total. The van der Waals surface area contributed by atoms with Crippen LogP contribution in [0.25, 0.3) is 0 Å². The topological polar surface area (TPSA) is 233 Å². The zero-order valence-corrected chi connectivity index (χ0v) is 35.7. The number of nitrogens with zero attached hydrogens (tertiary/aromatic N) is 1. The van der Waals surface area contributed by atoms with Gasteiger partial charge in [0.1, 0.15) is 48.1 Å². The summed E-state index contributed by atoms with van der Waals surface area (Å²) in [5.74, 6) is -10.5. The Kier molecular flexibility index (Phi) is 13.1. The number of rotatable bonds is 9. The van der Waals surface area contributed by atoms with Crippen LogP contribution in [0, 0.1) is 17.3 Å². The molecule has 4 bridgehead atoms. The van der Waals surface area contributed by atoms with E-state index in [9.17, 15) is 38.4 Å². The maximum atomic E-state index is 14.4. The average Bonchev–Trinajstić information content (AvgIpc) is 3.42. The highest BCUT2D eigenvalue weighted by atomic mass is 16.7. The van der Waals surface area contributed by atoms with Crippen LogP contribution in [0.4, 0.5) is 0 Å². The molecule has 2 aliphatic heterocycles. The van der Waals surface area contributed by atoms with Crippen molar-refractivity contribution in [1.82, 2.24) is 4.98 Å². The summed E-state index contributed by atoms with van der Waals surface area (Å²) in [6, 6.07) is 10.9. The molecule has 1 aromatic heterocycles. The number of ether oxygens (including phenoxy) is 9. The molecule has 12 atom stereocenters. The average molecular weight is 866 g/mol. The normalized spacial score (nSPS) is 33.8. The predicted octanol–water partition coefficient (Wildman–Crippen LogP) is 3.75. The fourth-order valence-corrected chi connectivity index (χ4v) is 10.1. The van der Waals surface area contributed by atoms with Gasteiger partial charge in [-0.2, -0.15) is 0 Å². The smallest absolute Gasteiger partial charge is 0.340 e. The van der Waals surface area contributed by atoms with Crippen LogP contribution >= 0.6 is 0 Å². The van der Waals surface area contributed by atoms with Crippen molar-refractivity contribution in [1.29, 1.82) is 0 Å². The number of hydrogen-bond acceptors (Lipinski definition) is 18. The number of carbonyl (C=O) groups is 8. The summed E-state index contributed by atoms with van der Waals surface area (Å²) < 4.78 is 56.2. The van der Waals surface area contributed by atoms with Crippen molar-refractivity contribution in [2.75, 3.05) is 13.2 Å². The monoisotopic (exact) mass is 865 g/mol. The summed E-state index contributed by atoms with van der Waals surface area (Å²) in [6.45, 7) is 8.65. The van der Waals surface area contributed by atoms with Crippen molar-refractivity contribution >= 4 is 47.8 Å². The lowest BCUT2D eigenvalue weighted by atomic mass is 9.46. The standard InChI is InChI=1S/C44H51NO17/c1-9-28-17-18-31(51)60-34-22(2)44-37(61-40(52)29-14-11-10-12-15-29)32(42(8,62-44)20-55-41(53)30-16-13-19-45-33(28)30)35(56-24(4)47)38(58-26(6)49)43(44,21-54-23(3)46)39(59-27(7)50)36(34)57-25(5)48/h10-16,19,22,28,32,34-39H,9,17-18,20-21H2,1-8H3. The molecule has 4 aliphatic rings. The van der Waals surface area contributed by atoms with Crippen LogP contribution in [0.15, 0.2) is 48.7 Å². The first-order valence-corrected chi connectivity index (χ1v) is 20.4. The van der Waals surface area contributed by atoms with E-state index in [1.807, 2.05) is 6.92 Å². The van der Waals surface area contributed by atoms with E-state index >= 15 is 0 Å². The quantitative estimate of drug-likeness (QED) is 0.258. The Morgan fingerprint density at radius 1 is 0.774 bits per heavy atom. The van der Waals surface area contributed by atoms with E-state index < -0.39 is 132 Å². The molecule has 1 aromatic carbocycles. The highest BCUT2D eigenvalue weighted by molar-refractivity contribution is 5.91. The highest BCUT2D eigenvalue weighted by Gasteiger charge is 2.88. The largest absolute Gasteiger partial charge is 0.465 e. The number of aromatic nitrogens is 1. The molecular weight excluding hydrogens is 814 g/mol. The molecule has 18 nitrogen and oxygen atoms in total. The lowest BCUT2D eigenvalue weighted by molar-refractivity contribution is -0.348. The fourth-order valence-electron chi connectivity index (χ4n) is 10.1. The molecule has 2 saturated carbocycles. The molecule has 12 unspecified atom stereocenters. The number of hydrogen-bond donors (Lipinski definition) is 0. The zero-order chi connectivity index (χ0) is 45.3. The Balaban J connectivity index is 1.75. The number of esters is 8. The van der Waals surface area contributed by atoms with Gasteiger partial charge in [0.05, 0.1) is 22.7 Å². The van der Waals surface area contributed by atoms with E-state index in [2.05, 4.69) is 4.98 Å². The highest BCUT2D eigenvalue weighted by Crippen LogP contribution is 2.69. The van der Waals surface area contributed by atoms with Gasteiger partial charge >= 0.3 is 47.8 Å². The molecule has 1 spiro atoms. The number of pyridine rings is 1. The van der Waals surface area contributed by atoms with Crippen LogP contribution < -0.4 is 0 Å². The van der Waals surface area contributed by atoms with Crippen LogP contribution in [0.3, 0.4) is 0 Å². The molecule has 62 heavy (non-hydrogen) atoms. The molecule has 6 rings (SSSR count). The van der Waals surface area contributed by atoms with E-state index in [0.717, 1.165) is 34.6 Å². The second-order valence-corrected chi connectivity index (χ2v) is 16.4. The van der Waals surface area contributed by atoms with Crippen LogP contribution in [0.1, 0.15) is 107 Å². The van der Waals surface area contributed by atoms with E-state index in [4.69, 9.17) is 42.6 Å². The van der Waals surface area contributed by atoms with Gasteiger partial charge in [-0.15, -0.1) is 0 Å². The van der Waals surface area contributed by atoms with Gasteiger partial charge in [0.15, 0.2) is 18.3 Å². The van der Waals surface area contributed by atoms with Gasteiger partial charge in [0.25, 0.3) is 0 Å². The Hall–Kier alpha value is -5.91. The lowest BCUT2D eigenvalue weighted by Crippen LogP contribution is -2.84. The predicted molar refractivity (Wildman–Crippen MR) is 208 cm³/mol. The third kappa shape index (κ3) is 8.11. The number of fused-ring (bicyclic) bond motifs is 5. The van der Waals surface area contributed by atoms with Crippen molar-refractivity contribution in [3.63, 3.8) is 0 Å². The van der Waals surface area contributed by atoms with Gasteiger partial charge in [0.2, 0.25) is 0 Å². The van der Waals surface area contributed by atoms with Crippen molar-refractivity contribution in [2.45, 2.75) is 128 Å². The van der Waals surface area contributed by atoms with Crippen LogP contribution in [-0.2, 0) is 71.4 Å². The maximum absolute atomic E-state index is 14.4. The third-order valence-corrected chi connectivity index (χ3v) is 12.4. The Bertz CT molecular complexity index is 2110. The third-order valence-electron chi connectivity index (χ3n) is 12.4. The minimum absolute atomic E-state index is 0.0608. The number of carbonyl (C=O) groups excluding carboxylic acids is 8. The zero-order valence-electron chi connectivity index (χ0n) is 35.7.